The minimum absolute atomic E-state index is 0.00905. The molecule has 0 amide bonds. The minimum atomic E-state index is -0.365. The highest BCUT2D eigenvalue weighted by Gasteiger charge is 2.11. The monoisotopic (exact) mass is 251 g/mol. The van der Waals surface area contributed by atoms with Crippen LogP contribution in [0.5, 0.6) is 11.5 Å². The molecule has 4 heteroatoms. The summed E-state index contributed by atoms with van der Waals surface area (Å²) >= 11 is 0. The third-order valence-corrected chi connectivity index (χ3v) is 2.74. The summed E-state index contributed by atoms with van der Waals surface area (Å²) in [6, 6.07) is 5.42. The standard InChI is InChI=1S/C14H21NO3/c1-4-5-6-12(15)11-7-8-13(18-10(2)16)14(9-11)17-3/h7-9,12H,4-6,15H2,1-3H3/t12-/m0/s1. The summed E-state index contributed by atoms with van der Waals surface area (Å²) in [6.45, 7) is 3.50. The third-order valence-electron chi connectivity index (χ3n) is 2.74. The van der Waals surface area contributed by atoms with E-state index in [2.05, 4.69) is 6.92 Å². The maximum absolute atomic E-state index is 10.9. The van der Waals surface area contributed by atoms with Gasteiger partial charge in [0.05, 0.1) is 7.11 Å². The molecular weight excluding hydrogens is 230 g/mol. The molecule has 0 aliphatic rings. The molecule has 1 atom stereocenters. The lowest BCUT2D eigenvalue weighted by Crippen LogP contribution is -2.11. The van der Waals surface area contributed by atoms with Crippen molar-refractivity contribution in [3.8, 4) is 11.5 Å². The highest BCUT2D eigenvalue weighted by Crippen LogP contribution is 2.31. The van der Waals surface area contributed by atoms with Crippen molar-refractivity contribution in [3.63, 3.8) is 0 Å². The first kappa shape index (κ1) is 14.5. The predicted octanol–water partition coefficient (Wildman–Crippen LogP) is 2.81. The van der Waals surface area contributed by atoms with Crippen molar-refractivity contribution in [1.29, 1.82) is 0 Å². The van der Waals surface area contributed by atoms with Crippen molar-refractivity contribution in [2.45, 2.75) is 39.2 Å². The molecule has 0 bridgehead atoms. The van der Waals surface area contributed by atoms with Gasteiger partial charge in [-0.25, -0.2) is 0 Å². The molecular formula is C14H21NO3. The van der Waals surface area contributed by atoms with E-state index < -0.39 is 0 Å². The van der Waals surface area contributed by atoms with Crippen molar-refractivity contribution in [1.82, 2.24) is 0 Å². The number of rotatable bonds is 6. The molecule has 4 nitrogen and oxygen atoms in total. The molecule has 0 aromatic heterocycles. The normalized spacial score (nSPS) is 12.0. The molecule has 0 radical (unpaired) electrons. The maximum atomic E-state index is 10.9. The van der Waals surface area contributed by atoms with Gasteiger partial charge in [-0.2, -0.15) is 0 Å². The summed E-state index contributed by atoms with van der Waals surface area (Å²) in [7, 11) is 1.55. The van der Waals surface area contributed by atoms with Crippen molar-refractivity contribution >= 4 is 5.97 Å². The average Bonchev–Trinajstić information content (AvgIpc) is 2.35. The number of unbranched alkanes of at least 4 members (excludes halogenated alkanes) is 1. The second-order valence-corrected chi connectivity index (χ2v) is 4.25. The Morgan fingerprint density at radius 1 is 1.39 bits per heavy atom. The van der Waals surface area contributed by atoms with Gasteiger partial charge in [-0.1, -0.05) is 25.8 Å². The van der Waals surface area contributed by atoms with Crippen LogP contribution in [0.1, 0.15) is 44.7 Å². The first-order valence-corrected chi connectivity index (χ1v) is 6.20. The van der Waals surface area contributed by atoms with Gasteiger partial charge in [0.15, 0.2) is 11.5 Å². The molecule has 18 heavy (non-hydrogen) atoms. The second-order valence-electron chi connectivity index (χ2n) is 4.25. The lowest BCUT2D eigenvalue weighted by Gasteiger charge is -2.14. The fourth-order valence-corrected chi connectivity index (χ4v) is 1.74. The van der Waals surface area contributed by atoms with Crippen LogP contribution >= 0.6 is 0 Å². The van der Waals surface area contributed by atoms with Crippen molar-refractivity contribution in [3.05, 3.63) is 23.8 Å². The smallest absolute Gasteiger partial charge is 0.308 e. The van der Waals surface area contributed by atoms with E-state index >= 15 is 0 Å². The summed E-state index contributed by atoms with van der Waals surface area (Å²) < 4.78 is 10.3. The van der Waals surface area contributed by atoms with Crippen LogP contribution in [0.15, 0.2) is 18.2 Å². The molecule has 1 aromatic carbocycles. The van der Waals surface area contributed by atoms with Crippen LogP contribution in [0, 0.1) is 0 Å². The Bertz CT molecular complexity index is 404. The highest BCUT2D eigenvalue weighted by atomic mass is 16.6. The zero-order valence-electron chi connectivity index (χ0n) is 11.2. The number of hydrogen-bond acceptors (Lipinski definition) is 4. The van der Waals surface area contributed by atoms with Gasteiger partial charge in [-0.15, -0.1) is 0 Å². The van der Waals surface area contributed by atoms with Crippen molar-refractivity contribution in [2.75, 3.05) is 7.11 Å². The first-order valence-electron chi connectivity index (χ1n) is 6.20. The Morgan fingerprint density at radius 2 is 2.11 bits per heavy atom. The maximum Gasteiger partial charge on any atom is 0.308 e. The molecule has 0 heterocycles. The Balaban J connectivity index is 2.87. The van der Waals surface area contributed by atoms with E-state index in [1.54, 1.807) is 13.2 Å². The molecule has 100 valence electrons. The van der Waals surface area contributed by atoms with Gasteiger partial charge in [-0.05, 0) is 24.1 Å². The van der Waals surface area contributed by atoms with E-state index in [0.717, 1.165) is 24.8 Å². The number of carbonyl (C=O) groups is 1. The highest BCUT2D eigenvalue weighted by molar-refractivity contribution is 5.70. The summed E-state index contributed by atoms with van der Waals surface area (Å²) in [5, 5.41) is 0. The molecule has 0 aliphatic heterocycles. The molecule has 2 N–H and O–H groups in total. The number of methoxy groups -OCH3 is 1. The quantitative estimate of drug-likeness (QED) is 0.624. The van der Waals surface area contributed by atoms with E-state index in [-0.39, 0.29) is 12.0 Å². The molecule has 0 aliphatic carbocycles. The summed E-state index contributed by atoms with van der Waals surface area (Å²) in [5.41, 5.74) is 7.09. The van der Waals surface area contributed by atoms with Crippen LogP contribution in [0.4, 0.5) is 0 Å². The van der Waals surface area contributed by atoms with Crippen molar-refractivity contribution < 1.29 is 14.3 Å². The first-order chi connectivity index (χ1) is 8.58. The molecule has 0 saturated carbocycles. The van der Waals surface area contributed by atoms with Gasteiger partial charge in [0.1, 0.15) is 0 Å². The molecule has 1 aromatic rings. The molecule has 1 rings (SSSR count). The van der Waals surface area contributed by atoms with E-state index in [0.29, 0.717) is 11.5 Å². The fourth-order valence-electron chi connectivity index (χ4n) is 1.74. The number of nitrogens with two attached hydrogens (primary N) is 1. The summed E-state index contributed by atoms with van der Waals surface area (Å²) in [5.74, 6) is 0.599. The van der Waals surface area contributed by atoms with E-state index in [9.17, 15) is 4.79 Å². The van der Waals surface area contributed by atoms with Crippen LogP contribution in [-0.4, -0.2) is 13.1 Å². The van der Waals surface area contributed by atoms with Crippen molar-refractivity contribution in [2.24, 2.45) is 5.73 Å². The van der Waals surface area contributed by atoms with Gasteiger partial charge in [0.25, 0.3) is 0 Å². The topological polar surface area (TPSA) is 61.5 Å². The van der Waals surface area contributed by atoms with Crippen LogP contribution in [0.25, 0.3) is 0 Å². The SMILES string of the molecule is CCCC[C@H](N)c1ccc(OC(C)=O)c(OC)c1. The largest absolute Gasteiger partial charge is 0.493 e. The third kappa shape index (κ3) is 4.04. The Labute approximate surface area is 108 Å². The van der Waals surface area contributed by atoms with Gasteiger partial charge in [0.2, 0.25) is 0 Å². The number of esters is 1. The van der Waals surface area contributed by atoms with Crippen LogP contribution in [0.3, 0.4) is 0 Å². The fraction of sp³-hybridized carbons (Fsp3) is 0.500. The molecule has 0 fully saturated rings. The molecule has 0 saturated heterocycles. The second kappa shape index (κ2) is 7.01. The van der Waals surface area contributed by atoms with Crippen LogP contribution in [0.2, 0.25) is 0 Å². The summed E-state index contributed by atoms with van der Waals surface area (Å²) in [6.07, 6.45) is 3.15. The zero-order chi connectivity index (χ0) is 13.5. The number of benzene rings is 1. The lowest BCUT2D eigenvalue weighted by atomic mass is 10.0. The van der Waals surface area contributed by atoms with Gasteiger partial charge in [-0.3, -0.25) is 4.79 Å². The van der Waals surface area contributed by atoms with Gasteiger partial charge in [0, 0.05) is 13.0 Å². The zero-order valence-corrected chi connectivity index (χ0v) is 11.2. The van der Waals surface area contributed by atoms with Gasteiger partial charge < -0.3 is 15.2 Å². The van der Waals surface area contributed by atoms with Gasteiger partial charge >= 0.3 is 5.97 Å². The molecule has 0 unspecified atom stereocenters. The molecule has 0 spiro atoms. The average molecular weight is 251 g/mol. The number of carbonyl (C=O) groups excluding carboxylic acids is 1. The number of ether oxygens (including phenoxy) is 2. The summed E-state index contributed by atoms with van der Waals surface area (Å²) in [4.78, 5) is 10.9. The van der Waals surface area contributed by atoms with Crippen LogP contribution < -0.4 is 15.2 Å². The lowest BCUT2D eigenvalue weighted by molar-refractivity contribution is -0.132. The van der Waals surface area contributed by atoms with Crippen LogP contribution in [-0.2, 0) is 4.79 Å². The Morgan fingerprint density at radius 3 is 2.67 bits per heavy atom. The number of hydrogen-bond donors (Lipinski definition) is 1. The van der Waals surface area contributed by atoms with E-state index in [4.69, 9.17) is 15.2 Å². The van der Waals surface area contributed by atoms with E-state index in [1.807, 2.05) is 12.1 Å². The Hall–Kier alpha value is -1.55. The predicted molar refractivity (Wildman–Crippen MR) is 70.8 cm³/mol. The minimum Gasteiger partial charge on any atom is -0.493 e. The van der Waals surface area contributed by atoms with E-state index in [1.165, 1.54) is 6.92 Å². The Kier molecular flexibility index (Phi) is 5.65.